The summed E-state index contributed by atoms with van der Waals surface area (Å²) < 4.78 is 0. The normalized spacial score (nSPS) is 14.0. The number of nitrogens with one attached hydrogen (secondary N) is 3. The second kappa shape index (κ2) is 8.71. The molecular weight excluding hydrogens is 338 g/mol. The zero-order valence-electron chi connectivity index (χ0n) is 16.0. The van der Waals surface area contributed by atoms with Gasteiger partial charge in [0.25, 0.3) is 0 Å². The molecule has 142 valence electrons. The minimum absolute atomic E-state index is 0.0303. The van der Waals surface area contributed by atoms with Crippen molar-refractivity contribution in [2.75, 3.05) is 17.2 Å². The fraction of sp³-hybridized carbons (Fsp3) is 0.364. The third kappa shape index (κ3) is 5.33. The Morgan fingerprint density at radius 2 is 1.74 bits per heavy atom. The first-order chi connectivity index (χ1) is 13.0. The van der Waals surface area contributed by atoms with Crippen LogP contribution in [0.2, 0.25) is 0 Å². The monoisotopic (exact) mass is 365 g/mol. The van der Waals surface area contributed by atoms with Gasteiger partial charge < -0.3 is 16.0 Å². The summed E-state index contributed by atoms with van der Waals surface area (Å²) in [6, 6.07) is 13.9. The van der Waals surface area contributed by atoms with Crippen molar-refractivity contribution in [3.8, 4) is 0 Å². The first-order valence-corrected chi connectivity index (χ1v) is 9.54. The highest BCUT2D eigenvalue weighted by atomic mass is 16.2. The van der Waals surface area contributed by atoms with Crippen LogP contribution < -0.4 is 16.0 Å². The summed E-state index contributed by atoms with van der Waals surface area (Å²) in [5.74, 6) is -0.186. The lowest BCUT2D eigenvalue weighted by atomic mass is 9.89. The molecule has 1 atom stereocenters. The summed E-state index contributed by atoms with van der Waals surface area (Å²) in [5.41, 5.74) is 5.52. The third-order valence-electron chi connectivity index (χ3n) is 4.89. The predicted molar refractivity (Wildman–Crippen MR) is 109 cm³/mol. The minimum atomic E-state index is -0.122. The van der Waals surface area contributed by atoms with Gasteiger partial charge in [0, 0.05) is 18.3 Å². The summed E-state index contributed by atoms with van der Waals surface area (Å²) >= 11 is 0. The van der Waals surface area contributed by atoms with E-state index in [1.807, 2.05) is 31.2 Å². The van der Waals surface area contributed by atoms with Crippen LogP contribution in [0.25, 0.3) is 0 Å². The van der Waals surface area contributed by atoms with Gasteiger partial charge in [-0.1, -0.05) is 24.3 Å². The van der Waals surface area contributed by atoms with Crippen LogP contribution in [-0.4, -0.2) is 18.4 Å². The lowest BCUT2D eigenvalue weighted by Gasteiger charge is -2.20. The lowest BCUT2D eigenvalue weighted by molar-refractivity contribution is -0.120. The summed E-state index contributed by atoms with van der Waals surface area (Å²) in [6.07, 6.45) is 4.82. The van der Waals surface area contributed by atoms with Gasteiger partial charge in [0.1, 0.15) is 0 Å². The number of carbonyl (C=O) groups is 2. The van der Waals surface area contributed by atoms with Gasteiger partial charge in [-0.2, -0.15) is 0 Å². The lowest BCUT2D eigenvalue weighted by Crippen LogP contribution is -2.32. The molecule has 2 aromatic rings. The van der Waals surface area contributed by atoms with Crippen LogP contribution in [0, 0.1) is 0 Å². The highest BCUT2D eigenvalue weighted by Gasteiger charge is 2.14. The maximum Gasteiger partial charge on any atom is 0.239 e. The van der Waals surface area contributed by atoms with E-state index in [2.05, 4.69) is 34.1 Å². The van der Waals surface area contributed by atoms with E-state index in [1.54, 1.807) is 0 Å². The van der Waals surface area contributed by atoms with Crippen LogP contribution in [0.4, 0.5) is 11.4 Å². The fourth-order valence-electron chi connectivity index (χ4n) is 3.49. The molecule has 0 aliphatic heterocycles. The zero-order valence-corrected chi connectivity index (χ0v) is 16.0. The fourth-order valence-corrected chi connectivity index (χ4v) is 3.49. The van der Waals surface area contributed by atoms with Crippen LogP contribution in [0.15, 0.2) is 42.5 Å². The molecule has 3 rings (SSSR count). The molecule has 0 spiro atoms. The Bertz CT molecular complexity index is 832. The molecule has 0 saturated carbocycles. The topological polar surface area (TPSA) is 70.2 Å². The van der Waals surface area contributed by atoms with Gasteiger partial charge in [0.15, 0.2) is 0 Å². The molecule has 3 N–H and O–H groups in total. The molecule has 2 amide bonds. The quantitative estimate of drug-likeness (QED) is 0.729. The van der Waals surface area contributed by atoms with Crippen molar-refractivity contribution in [1.29, 1.82) is 0 Å². The van der Waals surface area contributed by atoms with E-state index >= 15 is 0 Å². The Morgan fingerprint density at radius 1 is 1.00 bits per heavy atom. The van der Waals surface area contributed by atoms with Gasteiger partial charge in [0.05, 0.1) is 12.6 Å². The van der Waals surface area contributed by atoms with E-state index < -0.39 is 0 Å². The number of aryl methyl sites for hydroxylation is 2. The van der Waals surface area contributed by atoms with E-state index in [9.17, 15) is 9.59 Å². The molecule has 0 saturated heterocycles. The SMILES string of the molecule is CC(=O)Nc1cccc(NCC(=O)NC(C)c2ccc3c(c2)CCCC3)c1. The first-order valence-electron chi connectivity index (χ1n) is 9.54. The first kappa shape index (κ1) is 19.0. The van der Waals surface area contributed by atoms with Crippen LogP contribution in [0.1, 0.15) is 49.4 Å². The number of fused-ring (bicyclic) bond motifs is 1. The molecule has 1 aliphatic rings. The van der Waals surface area contributed by atoms with E-state index in [4.69, 9.17) is 0 Å². The maximum absolute atomic E-state index is 12.3. The molecule has 0 bridgehead atoms. The second-order valence-corrected chi connectivity index (χ2v) is 7.14. The Labute approximate surface area is 160 Å². The number of amides is 2. The van der Waals surface area contributed by atoms with Crippen LogP contribution in [-0.2, 0) is 22.4 Å². The van der Waals surface area contributed by atoms with Gasteiger partial charge in [0.2, 0.25) is 11.8 Å². The zero-order chi connectivity index (χ0) is 19.2. The molecule has 2 aromatic carbocycles. The van der Waals surface area contributed by atoms with Gasteiger partial charge in [-0.05, 0) is 67.5 Å². The highest BCUT2D eigenvalue weighted by molar-refractivity contribution is 5.89. The number of benzene rings is 2. The molecule has 27 heavy (non-hydrogen) atoms. The Hall–Kier alpha value is -2.82. The van der Waals surface area contributed by atoms with Crippen molar-refractivity contribution in [3.63, 3.8) is 0 Å². The maximum atomic E-state index is 12.3. The number of hydrogen-bond donors (Lipinski definition) is 3. The Morgan fingerprint density at radius 3 is 2.52 bits per heavy atom. The van der Waals surface area contributed by atoms with Crippen LogP contribution in [0.3, 0.4) is 0 Å². The molecular formula is C22H27N3O2. The van der Waals surface area contributed by atoms with Crippen molar-refractivity contribution >= 4 is 23.2 Å². The number of hydrogen-bond acceptors (Lipinski definition) is 3. The summed E-state index contributed by atoms with van der Waals surface area (Å²) in [4.78, 5) is 23.4. The summed E-state index contributed by atoms with van der Waals surface area (Å²) in [5, 5.41) is 8.88. The molecule has 0 fully saturated rings. The average molecular weight is 365 g/mol. The molecule has 5 nitrogen and oxygen atoms in total. The van der Waals surface area contributed by atoms with Crippen molar-refractivity contribution in [3.05, 3.63) is 59.2 Å². The van der Waals surface area contributed by atoms with Crippen LogP contribution in [0.5, 0.6) is 0 Å². The summed E-state index contributed by atoms with van der Waals surface area (Å²) in [6.45, 7) is 3.66. The van der Waals surface area contributed by atoms with Crippen molar-refractivity contribution < 1.29 is 9.59 Å². The molecule has 5 heteroatoms. The van der Waals surface area contributed by atoms with Crippen molar-refractivity contribution in [2.45, 2.75) is 45.6 Å². The predicted octanol–water partition coefficient (Wildman–Crippen LogP) is 3.81. The Kier molecular flexibility index (Phi) is 6.12. The number of carbonyl (C=O) groups excluding carboxylic acids is 2. The van der Waals surface area contributed by atoms with Gasteiger partial charge >= 0.3 is 0 Å². The number of anilines is 2. The van der Waals surface area contributed by atoms with E-state index in [1.165, 1.54) is 30.9 Å². The second-order valence-electron chi connectivity index (χ2n) is 7.14. The van der Waals surface area contributed by atoms with Gasteiger partial charge in [-0.3, -0.25) is 9.59 Å². The van der Waals surface area contributed by atoms with Gasteiger partial charge in [-0.15, -0.1) is 0 Å². The minimum Gasteiger partial charge on any atom is -0.376 e. The average Bonchev–Trinajstić information content (AvgIpc) is 2.66. The van der Waals surface area contributed by atoms with Crippen molar-refractivity contribution in [1.82, 2.24) is 5.32 Å². The molecule has 1 aliphatic carbocycles. The van der Waals surface area contributed by atoms with E-state index in [0.717, 1.165) is 24.1 Å². The van der Waals surface area contributed by atoms with Gasteiger partial charge in [-0.25, -0.2) is 0 Å². The third-order valence-corrected chi connectivity index (χ3v) is 4.89. The Balaban J connectivity index is 1.54. The van der Waals surface area contributed by atoms with Crippen molar-refractivity contribution in [2.24, 2.45) is 0 Å². The number of rotatable bonds is 6. The van der Waals surface area contributed by atoms with E-state index in [0.29, 0.717) is 5.69 Å². The molecule has 0 heterocycles. The summed E-state index contributed by atoms with van der Waals surface area (Å²) in [7, 11) is 0. The standard InChI is InChI=1S/C22H27N3O2/c1-15(18-11-10-17-6-3-4-7-19(17)12-18)24-22(27)14-23-20-8-5-9-21(13-20)25-16(2)26/h5,8-13,15,23H,3-4,6-7,14H2,1-2H3,(H,24,27)(H,25,26). The van der Waals surface area contributed by atoms with Crippen LogP contribution >= 0.6 is 0 Å². The molecule has 0 radical (unpaired) electrons. The smallest absolute Gasteiger partial charge is 0.239 e. The van der Waals surface area contributed by atoms with E-state index in [-0.39, 0.29) is 24.4 Å². The largest absolute Gasteiger partial charge is 0.376 e. The highest BCUT2D eigenvalue weighted by Crippen LogP contribution is 2.24. The molecule has 0 aromatic heterocycles. The molecule has 1 unspecified atom stereocenters.